The van der Waals surface area contributed by atoms with E-state index in [-0.39, 0.29) is 28.6 Å². The van der Waals surface area contributed by atoms with Crippen LogP contribution in [0.5, 0.6) is 11.5 Å². The lowest BCUT2D eigenvalue weighted by Gasteiger charge is -2.16. The van der Waals surface area contributed by atoms with Gasteiger partial charge in [-0.05, 0) is 76.2 Å². The molecule has 1 atom stereocenters. The molecule has 7 nitrogen and oxygen atoms in total. The molecule has 0 aliphatic carbocycles. The van der Waals surface area contributed by atoms with Crippen molar-refractivity contribution < 1.29 is 37.1 Å². The second kappa shape index (κ2) is 9.98. The van der Waals surface area contributed by atoms with Gasteiger partial charge in [0.15, 0.2) is 0 Å². The predicted octanol–water partition coefficient (Wildman–Crippen LogP) is 6.01. The molecule has 3 aromatic rings. The van der Waals surface area contributed by atoms with Crippen LogP contribution in [-0.2, 0) is 11.0 Å². The van der Waals surface area contributed by atoms with Gasteiger partial charge in [0.2, 0.25) is 5.82 Å². The summed E-state index contributed by atoms with van der Waals surface area (Å²) in [5, 5.41) is 12.7. The van der Waals surface area contributed by atoms with Crippen LogP contribution in [0.15, 0.2) is 58.6 Å². The Balaban J connectivity index is 1.80. The molecule has 0 aliphatic heterocycles. The normalized spacial score (nSPS) is 13.1. The van der Waals surface area contributed by atoms with Crippen LogP contribution in [0.25, 0.3) is 22.8 Å². The minimum absolute atomic E-state index is 0.000159. The fourth-order valence-electron chi connectivity index (χ4n) is 3.05. The number of carbonyl (C=O) groups is 1. The molecule has 3 rings (SSSR count). The van der Waals surface area contributed by atoms with Crippen LogP contribution in [0.2, 0.25) is 0 Å². The standard InChI is InChI=1S/C24H23F3N2O5/c1-13(2)32-20-10-7-17(12-19(20)24(25,26)27)21-28-22(34-29-21)16-5-8-18(9-6-16)33-15(4)11-14(3)23(30)31/h5-13,15H,1-4H3,(H,30,31). The summed E-state index contributed by atoms with van der Waals surface area (Å²) in [4.78, 5) is 15.1. The number of aliphatic carboxylic acids is 1. The first-order chi connectivity index (χ1) is 15.9. The van der Waals surface area contributed by atoms with Crippen LogP contribution < -0.4 is 9.47 Å². The highest BCUT2D eigenvalue weighted by Crippen LogP contribution is 2.39. The third kappa shape index (κ3) is 6.15. The predicted molar refractivity (Wildman–Crippen MR) is 117 cm³/mol. The number of hydrogen-bond donors (Lipinski definition) is 1. The second-order valence-electron chi connectivity index (χ2n) is 7.80. The SMILES string of the molecule is CC(=CC(C)Oc1ccc(-c2nc(-c3ccc(OC(C)C)c(C(F)(F)F)c3)no2)cc1)C(=O)O. The molecule has 1 unspecified atom stereocenters. The minimum Gasteiger partial charge on any atom is -0.490 e. The molecule has 34 heavy (non-hydrogen) atoms. The molecule has 0 aliphatic rings. The van der Waals surface area contributed by atoms with Gasteiger partial charge in [0.05, 0.1) is 11.7 Å². The summed E-state index contributed by atoms with van der Waals surface area (Å²) in [6.45, 7) is 6.47. The molecule has 0 radical (unpaired) electrons. The van der Waals surface area contributed by atoms with Crippen molar-refractivity contribution in [2.75, 3.05) is 0 Å². The van der Waals surface area contributed by atoms with Crippen molar-refractivity contribution in [2.24, 2.45) is 0 Å². The molecule has 180 valence electrons. The summed E-state index contributed by atoms with van der Waals surface area (Å²) < 4.78 is 56.7. The van der Waals surface area contributed by atoms with Gasteiger partial charge in [-0.1, -0.05) is 5.16 Å². The Bertz CT molecular complexity index is 1180. The lowest BCUT2D eigenvalue weighted by molar-refractivity contribution is -0.139. The zero-order chi connectivity index (χ0) is 25.0. The van der Waals surface area contributed by atoms with Crippen LogP contribution in [0.4, 0.5) is 13.2 Å². The van der Waals surface area contributed by atoms with Gasteiger partial charge in [0.1, 0.15) is 17.6 Å². The Hall–Kier alpha value is -3.82. The van der Waals surface area contributed by atoms with Gasteiger partial charge in [-0.2, -0.15) is 18.2 Å². The van der Waals surface area contributed by atoms with Crippen LogP contribution in [-0.4, -0.2) is 33.4 Å². The van der Waals surface area contributed by atoms with Crippen LogP contribution in [0.1, 0.15) is 33.3 Å². The summed E-state index contributed by atoms with van der Waals surface area (Å²) in [7, 11) is 0. The van der Waals surface area contributed by atoms with E-state index in [1.165, 1.54) is 25.1 Å². The highest BCUT2D eigenvalue weighted by atomic mass is 19.4. The molecule has 0 spiro atoms. The largest absolute Gasteiger partial charge is 0.490 e. The Morgan fingerprint density at radius 2 is 1.71 bits per heavy atom. The topological polar surface area (TPSA) is 94.7 Å². The van der Waals surface area contributed by atoms with E-state index in [1.807, 2.05) is 0 Å². The third-order valence-corrected chi connectivity index (χ3v) is 4.58. The second-order valence-corrected chi connectivity index (χ2v) is 7.80. The van der Waals surface area contributed by atoms with Crippen LogP contribution in [0, 0.1) is 0 Å². The fourth-order valence-corrected chi connectivity index (χ4v) is 3.05. The van der Waals surface area contributed by atoms with E-state index in [2.05, 4.69) is 10.1 Å². The zero-order valence-electron chi connectivity index (χ0n) is 18.9. The van der Waals surface area contributed by atoms with E-state index in [4.69, 9.17) is 19.1 Å². The highest BCUT2D eigenvalue weighted by molar-refractivity contribution is 5.85. The van der Waals surface area contributed by atoms with Gasteiger partial charge in [0.25, 0.3) is 5.89 Å². The first kappa shape index (κ1) is 24.8. The van der Waals surface area contributed by atoms with Crippen molar-refractivity contribution in [3.63, 3.8) is 0 Å². The number of benzene rings is 2. The summed E-state index contributed by atoms with van der Waals surface area (Å²) in [6, 6.07) is 10.2. The summed E-state index contributed by atoms with van der Waals surface area (Å²) in [5.41, 5.74) is -0.0903. The van der Waals surface area contributed by atoms with E-state index in [1.54, 1.807) is 45.0 Å². The molecule has 2 aromatic carbocycles. The minimum atomic E-state index is -4.61. The molecular weight excluding hydrogens is 453 g/mol. The number of carboxylic acids is 1. The molecule has 0 fully saturated rings. The van der Waals surface area contributed by atoms with Crippen molar-refractivity contribution >= 4 is 5.97 Å². The Kier molecular flexibility index (Phi) is 7.29. The van der Waals surface area contributed by atoms with E-state index in [0.717, 1.165) is 6.07 Å². The number of aromatic nitrogens is 2. The number of ether oxygens (including phenoxy) is 2. The molecular formula is C24H23F3N2O5. The smallest absolute Gasteiger partial charge is 0.419 e. The van der Waals surface area contributed by atoms with E-state index < -0.39 is 29.9 Å². The molecule has 0 saturated heterocycles. The lowest BCUT2D eigenvalue weighted by atomic mass is 10.1. The van der Waals surface area contributed by atoms with Gasteiger partial charge in [-0.15, -0.1) is 0 Å². The third-order valence-electron chi connectivity index (χ3n) is 4.58. The van der Waals surface area contributed by atoms with Crippen molar-refractivity contribution in [2.45, 2.75) is 46.1 Å². The average Bonchev–Trinajstić information content (AvgIpc) is 3.23. The fraction of sp³-hybridized carbons (Fsp3) is 0.292. The van der Waals surface area contributed by atoms with Crippen molar-refractivity contribution in [1.82, 2.24) is 10.1 Å². The molecule has 1 N–H and O–H groups in total. The maximum absolute atomic E-state index is 13.5. The number of carboxylic acid groups (broad SMARTS) is 1. The van der Waals surface area contributed by atoms with Crippen molar-refractivity contribution in [1.29, 1.82) is 0 Å². The Labute approximate surface area is 193 Å². The lowest BCUT2D eigenvalue weighted by Crippen LogP contribution is -2.13. The van der Waals surface area contributed by atoms with Gasteiger partial charge in [-0.25, -0.2) is 4.79 Å². The Morgan fingerprint density at radius 3 is 2.29 bits per heavy atom. The number of halogens is 3. The van der Waals surface area contributed by atoms with Crippen molar-refractivity contribution in [3.05, 3.63) is 59.7 Å². The van der Waals surface area contributed by atoms with E-state index in [9.17, 15) is 18.0 Å². The van der Waals surface area contributed by atoms with Crippen molar-refractivity contribution in [3.8, 4) is 34.3 Å². The average molecular weight is 476 g/mol. The van der Waals surface area contributed by atoms with Crippen LogP contribution >= 0.6 is 0 Å². The molecule has 1 aromatic heterocycles. The summed E-state index contributed by atoms with van der Waals surface area (Å²) in [5.74, 6) is -0.691. The molecule has 1 heterocycles. The summed E-state index contributed by atoms with van der Waals surface area (Å²) in [6.07, 6.45) is -4.02. The maximum Gasteiger partial charge on any atom is 0.419 e. The first-order valence-corrected chi connectivity index (χ1v) is 10.3. The zero-order valence-corrected chi connectivity index (χ0v) is 18.9. The monoisotopic (exact) mass is 476 g/mol. The quantitative estimate of drug-likeness (QED) is 0.398. The van der Waals surface area contributed by atoms with Gasteiger partial charge in [-0.3, -0.25) is 0 Å². The summed E-state index contributed by atoms with van der Waals surface area (Å²) >= 11 is 0. The molecule has 0 bridgehead atoms. The van der Waals surface area contributed by atoms with E-state index >= 15 is 0 Å². The van der Waals surface area contributed by atoms with E-state index in [0.29, 0.717) is 11.3 Å². The number of nitrogens with zero attached hydrogens (tertiary/aromatic N) is 2. The van der Waals surface area contributed by atoms with Gasteiger partial charge >= 0.3 is 12.1 Å². The number of hydrogen-bond acceptors (Lipinski definition) is 6. The highest BCUT2D eigenvalue weighted by Gasteiger charge is 2.35. The molecule has 0 amide bonds. The maximum atomic E-state index is 13.5. The molecule has 10 heteroatoms. The first-order valence-electron chi connectivity index (χ1n) is 10.3. The number of rotatable bonds is 8. The molecule has 0 saturated carbocycles. The number of alkyl halides is 3. The van der Waals surface area contributed by atoms with Crippen LogP contribution in [0.3, 0.4) is 0 Å². The Morgan fingerprint density at radius 1 is 1.06 bits per heavy atom. The van der Waals surface area contributed by atoms with Gasteiger partial charge < -0.3 is 19.1 Å². The van der Waals surface area contributed by atoms with Gasteiger partial charge in [0, 0.05) is 16.7 Å².